The summed E-state index contributed by atoms with van der Waals surface area (Å²) in [5, 5.41) is 4.46. The topological polar surface area (TPSA) is 77.2 Å². The Morgan fingerprint density at radius 1 is 1.03 bits per heavy atom. The Morgan fingerprint density at radius 3 is 2.50 bits per heavy atom. The second-order valence-electron chi connectivity index (χ2n) is 8.23. The molecule has 36 heavy (non-hydrogen) atoms. The highest BCUT2D eigenvalue weighted by molar-refractivity contribution is 8.00. The molecule has 3 N–H and O–H groups in total. The van der Waals surface area contributed by atoms with Crippen LogP contribution in [0.5, 0.6) is 0 Å². The highest BCUT2D eigenvalue weighted by Crippen LogP contribution is 2.36. The van der Waals surface area contributed by atoms with Gasteiger partial charge in [-0.15, -0.1) is 0 Å². The number of hydrogen-bond acceptors (Lipinski definition) is 4. The fourth-order valence-corrected chi connectivity index (χ4v) is 4.95. The smallest absolute Gasteiger partial charge is 0.254 e. The number of carbonyl (C=O) groups excluding carboxylic acids is 2. The molecule has 1 heterocycles. The number of hydrogen-bond donors (Lipinski definition) is 3. The van der Waals surface area contributed by atoms with E-state index >= 15 is 4.39 Å². The van der Waals surface area contributed by atoms with E-state index in [2.05, 4.69) is 15.0 Å². The molecule has 0 radical (unpaired) electrons. The molecule has 186 valence electrons. The van der Waals surface area contributed by atoms with E-state index in [1.54, 1.807) is 44.6 Å². The number of nitrogens with zero attached hydrogens (tertiary/aromatic N) is 1. The number of rotatable bonds is 8. The van der Waals surface area contributed by atoms with Crippen LogP contribution in [-0.2, 0) is 4.79 Å². The van der Waals surface area contributed by atoms with E-state index in [9.17, 15) is 9.59 Å². The van der Waals surface area contributed by atoms with Gasteiger partial charge < -0.3 is 19.9 Å². The molecule has 10 heteroatoms. The van der Waals surface area contributed by atoms with Crippen LogP contribution in [-0.4, -0.2) is 35.8 Å². The summed E-state index contributed by atoms with van der Waals surface area (Å²) >= 11 is 13.5. The van der Waals surface area contributed by atoms with Crippen molar-refractivity contribution in [2.75, 3.05) is 18.8 Å². The Labute approximate surface area is 222 Å². The van der Waals surface area contributed by atoms with Gasteiger partial charge in [0.15, 0.2) is 5.82 Å². The maximum atomic E-state index is 15.4. The van der Waals surface area contributed by atoms with Crippen molar-refractivity contribution in [2.24, 2.45) is 0 Å². The van der Waals surface area contributed by atoms with E-state index in [-0.39, 0.29) is 22.8 Å². The van der Waals surface area contributed by atoms with Crippen LogP contribution in [0.4, 0.5) is 10.1 Å². The molecule has 0 aliphatic heterocycles. The van der Waals surface area contributed by atoms with E-state index in [1.165, 1.54) is 11.0 Å². The first-order chi connectivity index (χ1) is 17.3. The quantitative estimate of drug-likeness (QED) is 0.216. The fraction of sp³-hybridized carbons (Fsp3) is 0.154. The molecule has 0 bridgehead atoms. The molecule has 3 aromatic carbocycles. The predicted octanol–water partition coefficient (Wildman–Crippen LogP) is 6.68. The summed E-state index contributed by atoms with van der Waals surface area (Å²) < 4.78 is 18.5. The number of benzene rings is 3. The van der Waals surface area contributed by atoms with E-state index in [0.29, 0.717) is 26.6 Å². The standard InChI is InChI=1S/C26H23Cl2FN4O2S/c1-33(2)22(34)13-20(15-7-4-3-5-8-15)31-26(35)16-9-6-10-21(24(16)29)36-32-19-12-11-17(27)23-18(28)14-30-25(19)23/h3-12,14,20,30,32H,13H2,1-2H3,(H,31,35). The van der Waals surface area contributed by atoms with E-state index in [0.717, 1.165) is 17.5 Å². The van der Waals surface area contributed by atoms with Crippen molar-refractivity contribution in [3.63, 3.8) is 0 Å². The largest absolute Gasteiger partial charge is 0.358 e. The van der Waals surface area contributed by atoms with Gasteiger partial charge in [0.05, 0.1) is 44.2 Å². The van der Waals surface area contributed by atoms with Crippen LogP contribution in [0.2, 0.25) is 10.0 Å². The molecular weight excluding hydrogens is 522 g/mol. The first kappa shape index (κ1) is 25.9. The van der Waals surface area contributed by atoms with E-state index in [4.69, 9.17) is 23.2 Å². The van der Waals surface area contributed by atoms with Gasteiger partial charge in [0.2, 0.25) is 5.91 Å². The van der Waals surface area contributed by atoms with Crippen molar-refractivity contribution in [3.05, 3.63) is 93.8 Å². The third kappa shape index (κ3) is 5.61. The minimum absolute atomic E-state index is 0.0473. The summed E-state index contributed by atoms with van der Waals surface area (Å²) in [6.07, 6.45) is 1.68. The lowest BCUT2D eigenvalue weighted by Crippen LogP contribution is -2.33. The summed E-state index contributed by atoms with van der Waals surface area (Å²) in [5.74, 6) is -1.44. The molecule has 2 amide bonds. The van der Waals surface area contributed by atoms with Gasteiger partial charge in [-0.3, -0.25) is 9.59 Å². The number of amides is 2. The van der Waals surface area contributed by atoms with Crippen molar-refractivity contribution in [2.45, 2.75) is 17.4 Å². The van der Waals surface area contributed by atoms with Gasteiger partial charge in [0, 0.05) is 25.7 Å². The molecule has 4 rings (SSSR count). The van der Waals surface area contributed by atoms with Crippen LogP contribution in [0, 0.1) is 5.82 Å². The molecule has 1 unspecified atom stereocenters. The zero-order valence-corrected chi connectivity index (χ0v) is 21.8. The molecule has 4 aromatic rings. The van der Waals surface area contributed by atoms with Gasteiger partial charge in [-0.05, 0) is 41.8 Å². The molecule has 0 saturated heterocycles. The SMILES string of the molecule is CN(C)C(=O)CC(NC(=O)c1cccc(SNc2ccc(Cl)c3c(Cl)c[nH]c23)c1F)c1ccccc1. The van der Waals surface area contributed by atoms with Gasteiger partial charge in [0.25, 0.3) is 5.91 Å². The lowest BCUT2D eigenvalue weighted by molar-refractivity contribution is -0.129. The molecule has 0 saturated carbocycles. The first-order valence-corrected chi connectivity index (χ1v) is 12.6. The monoisotopic (exact) mass is 544 g/mol. The second-order valence-corrected chi connectivity index (χ2v) is 9.89. The van der Waals surface area contributed by atoms with Gasteiger partial charge in [-0.1, -0.05) is 59.6 Å². The number of carbonyl (C=O) groups is 2. The van der Waals surface area contributed by atoms with Gasteiger partial charge in [0.1, 0.15) is 0 Å². The van der Waals surface area contributed by atoms with Crippen LogP contribution in [0.25, 0.3) is 10.9 Å². The molecule has 1 atom stereocenters. The predicted molar refractivity (Wildman–Crippen MR) is 144 cm³/mol. The summed E-state index contributed by atoms with van der Waals surface area (Å²) in [5.41, 5.74) is 1.98. The number of nitrogens with one attached hydrogen (secondary N) is 3. The lowest BCUT2D eigenvalue weighted by atomic mass is 10.0. The Morgan fingerprint density at radius 2 is 1.78 bits per heavy atom. The first-order valence-electron chi connectivity index (χ1n) is 11.0. The summed E-state index contributed by atoms with van der Waals surface area (Å²) in [4.78, 5) is 30.2. The molecule has 0 aliphatic rings. The Balaban J connectivity index is 1.54. The number of aromatic amines is 1. The number of aromatic nitrogens is 1. The number of fused-ring (bicyclic) bond motifs is 1. The van der Waals surface area contributed by atoms with Crippen LogP contribution in [0.15, 0.2) is 71.8 Å². The highest BCUT2D eigenvalue weighted by atomic mass is 35.5. The normalized spacial score (nSPS) is 11.8. The average Bonchev–Trinajstić information content (AvgIpc) is 3.26. The zero-order chi connectivity index (χ0) is 25.8. The van der Waals surface area contributed by atoms with Crippen molar-refractivity contribution in [1.82, 2.24) is 15.2 Å². The molecule has 1 aromatic heterocycles. The zero-order valence-electron chi connectivity index (χ0n) is 19.4. The van der Waals surface area contributed by atoms with E-state index in [1.807, 2.05) is 30.3 Å². The Hall–Kier alpha value is -3.20. The van der Waals surface area contributed by atoms with Crippen LogP contribution >= 0.6 is 35.1 Å². The Bertz CT molecular complexity index is 1410. The lowest BCUT2D eigenvalue weighted by Gasteiger charge is -2.21. The second kappa shape index (κ2) is 11.2. The maximum Gasteiger partial charge on any atom is 0.254 e. The van der Waals surface area contributed by atoms with Crippen LogP contribution in [0.1, 0.15) is 28.4 Å². The van der Waals surface area contributed by atoms with Gasteiger partial charge in [-0.25, -0.2) is 4.39 Å². The molecule has 0 spiro atoms. The third-order valence-corrected chi connectivity index (χ3v) is 7.07. The van der Waals surface area contributed by atoms with Crippen molar-refractivity contribution < 1.29 is 14.0 Å². The minimum Gasteiger partial charge on any atom is -0.358 e. The molecular formula is C26H23Cl2FN4O2S. The van der Waals surface area contributed by atoms with Crippen molar-refractivity contribution >= 4 is 63.6 Å². The average molecular weight is 545 g/mol. The van der Waals surface area contributed by atoms with Crippen molar-refractivity contribution in [1.29, 1.82) is 0 Å². The summed E-state index contributed by atoms with van der Waals surface area (Å²) in [6, 6.07) is 16.6. The fourth-order valence-electron chi connectivity index (χ4n) is 3.66. The highest BCUT2D eigenvalue weighted by Gasteiger charge is 2.23. The third-order valence-electron chi connectivity index (χ3n) is 5.60. The molecule has 0 aliphatic carbocycles. The van der Waals surface area contributed by atoms with Crippen LogP contribution in [0.3, 0.4) is 0 Å². The number of halogens is 3. The Kier molecular flexibility index (Phi) is 8.08. The summed E-state index contributed by atoms with van der Waals surface area (Å²) in [7, 11) is 3.30. The molecule has 0 fully saturated rings. The number of H-pyrrole nitrogens is 1. The van der Waals surface area contributed by atoms with Gasteiger partial charge >= 0.3 is 0 Å². The minimum atomic E-state index is -0.673. The maximum absolute atomic E-state index is 15.4. The van der Waals surface area contributed by atoms with Crippen molar-refractivity contribution in [3.8, 4) is 0 Å². The van der Waals surface area contributed by atoms with Gasteiger partial charge in [-0.2, -0.15) is 0 Å². The number of anilines is 1. The van der Waals surface area contributed by atoms with E-state index < -0.39 is 17.8 Å². The molecule has 6 nitrogen and oxygen atoms in total. The van der Waals surface area contributed by atoms with Crippen LogP contribution < -0.4 is 10.0 Å². The summed E-state index contributed by atoms with van der Waals surface area (Å²) in [6.45, 7) is 0.